The van der Waals surface area contributed by atoms with Gasteiger partial charge in [-0.2, -0.15) is 0 Å². The molecule has 0 saturated heterocycles. The summed E-state index contributed by atoms with van der Waals surface area (Å²) in [6.07, 6.45) is 0. The van der Waals surface area contributed by atoms with E-state index in [1.54, 1.807) is 11.6 Å². The minimum absolute atomic E-state index is 0.0150. The summed E-state index contributed by atoms with van der Waals surface area (Å²) in [4.78, 5) is 25.2. The Balaban J connectivity index is 2.38. The molecule has 1 heterocycles. The van der Waals surface area contributed by atoms with Gasteiger partial charge in [-0.3, -0.25) is 9.59 Å². The van der Waals surface area contributed by atoms with Gasteiger partial charge < -0.3 is 4.57 Å². The molecule has 0 radical (unpaired) electrons. The molecular weight excluding hydrogens is 262 g/mol. The molecule has 0 unspecified atom stereocenters. The number of ketones is 1. The highest BCUT2D eigenvalue weighted by molar-refractivity contribution is 6.25. The SMILES string of the molecule is Cc1c2c3c(cccc3n(C)c1=O)C(=O)c1ccccc1-2. The van der Waals surface area contributed by atoms with E-state index in [1.807, 2.05) is 49.4 Å². The quantitative estimate of drug-likeness (QED) is 0.495. The first kappa shape index (κ1) is 12.1. The molecule has 0 spiro atoms. The predicted molar refractivity (Wildman–Crippen MR) is 82.8 cm³/mol. The van der Waals surface area contributed by atoms with Crippen LogP contribution in [0.5, 0.6) is 0 Å². The smallest absolute Gasteiger partial charge is 0.254 e. The van der Waals surface area contributed by atoms with E-state index in [4.69, 9.17) is 0 Å². The van der Waals surface area contributed by atoms with Crippen LogP contribution in [0.3, 0.4) is 0 Å². The summed E-state index contributed by atoms with van der Waals surface area (Å²) in [6.45, 7) is 1.83. The highest BCUT2D eigenvalue weighted by Crippen LogP contribution is 2.39. The van der Waals surface area contributed by atoms with Gasteiger partial charge in [-0.15, -0.1) is 0 Å². The van der Waals surface area contributed by atoms with Crippen molar-refractivity contribution < 1.29 is 4.79 Å². The Morgan fingerprint density at radius 2 is 1.52 bits per heavy atom. The zero-order chi connectivity index (χ0) is 14.7. The van der Waals surface area contributed by atoms with Gasteiger partial charge in [0.2, 0.25) is 0 Å². The summed E-state index contributed by atoms with van der Waals surface area (Å²) < 4.78 is 1.62. The van der Waals surface area contributed by atoms with Gasteiger partial charge in [-0.1, -0.05) is 36.4 Å². The fourth-order valence-corrected chi connectivity index (χ4v) is 3.31. The van der Waals surface area contributed by atoms with Gasteiger partial charge in [0.15, 0.2) is 5.78 Å². The molecule has 0 aliphatic heterocycles. The Morgan fingerprint density at radius 1 is 0.857 bits per heavy atom. The number of rotatable bonds is 0. The molecular formula is C18H13NO2. The van der Waals surface area contributed by atoms with Gasteiger partial charge >= 0.3 is 0 Å². The third-order valence-electron chi connectivity index (χ3n) is 4.34. The third-order valence-corrected chi connectivity index (χ3v) is 4.34. The Morgan fingerprint density at radius 3 is 2.29 bits per heavy atom. The molecule has 0 fully saturated rings. The van der Waals surface area contributed by atoms with Crippen molar-refractivity contribution in [3.05, 3.63) is 69.5 Å². The first-order valence-electron chi connectivity index (χ1n) is 6.87. The zero-order valence-electron chi connectivity index (χ0n) is 11.8. The van der Waals surface area contributed by atoms with Gasteiger partial charge in [0.05, 0.1) is 5.52 Å². The number of fused-ring (bicyclic) bond motifs is 2. The van der Waals surface area contributed by atoms with Crippen molar-refractivity contribution in [2.75, 3.05) is 0 Å². The van der Waals surface area contributed by atoms with Crippen LogP contribution in [0, 0.1) is 6.92 Å². The van der Waals surface area contributed by atoms with Crippen LogP contribution in [0.1, 0.15) is 21.5 Å². The van der Waals surface area contributed by atoms with Crippen molar-refractivity contribution >= 4 is 16.7 Å². The van der Waals surface area contributed by atoms with E-state index in [2.05, 4.69) is 0 Å². The maximum atomic E-state index is 12.7. The van der Waals surface area contributed by atoms with Crippen molar-refractivity contribution in [3.63, 3.8) is 0 Å². The maximum Gasteiger partial charge on any atom is 0.254 e. The molecule has 0 N–H and O–H groups in total. The molecule has 102 valence electrons. The van der Waals surface area contributed by atoms with Crippen molar-refractivity contribution in [2.45, 2.75) is 6.92 Å². The molecule has 1 aliphatic carbocycles. The molecule has 0 saturated carbocycles. The van der Waals surface area contributed by atoms with E-state index >= 15 is 0 Å². The van der Waals surface area contributed by atoms with Crippen LogP contribution in [0.2, 0.25) is 0 Å². The van der Waals surface area contributed by atoms with Gasteiger partial charge in [0, 0.05) is 34.7 Å². The Hall–Kier alpha value is -2.68. The summed E-state index contributed by atoms with van der Waals surface area (Å²) in [5, 5.41) is 0.890. The number of nitrogens with zero attached hydrogens (tertiary/aromatic N) is 1. The fraction of sp³-hybridized carbons (Fsp3) is 0.111. The minimum Gasteiger partial charge on any atom is -0.311 e. The predicted octanol–water partition coefficient (Wildman–Crippen LogP) is 3.06. The van der Waals surface area contributed by atoms with E-state index in [0.29, 0.717) is 16.7 Å². The first-order chi connectivity index (χ1) is 10.1. The molecule has 0 atom stereocenters. The second kappa shape index (κ2) is 3.92. The number of carbonyl (C=O) groups is 1. The lowest BCUT2D eigenvalue weighted by molar-refractivity contribution is 0.104. The van der Waals surface area contributed by atoms with E-state index in [0.717, 1.165) is 22.0 Å². The van der Waals surface area contributed by atoms with E-state index in [-0.39, 0.29) is 11.3 Å². The number of pyridine rings is 1. The molecule has 3 heteroatoms. The molecule has 3 aromatic rings. The topological polar surface area (TPSA) is 39.1 Å². The highest BCUT2D eigenvalue weighted by Gasteiger charge is 2.27. The molecule has 1 aliphatic rings. The summed E-state index contributed by atoms with van der Waals surface area (Å²) in [6, 6.07) is 13.1. The van der Waals surface area contributed by atoms with Crippen molar-refractivity contribution in [1.29, 1.82) is 0 Å². The molecule has 2 aromatic carbocycles. The Kier molecular flexibility index (Phi) is 2.25. The average Bonchev–Trinajstić information content (AvgIpc) is 2.52. The summed E-state index contributed by atoms with van der Waals surface area (Å²) in [7, 11) is 1.75. The number of hydrogen-bond donors (Lipinski definition) is 0. The lowest BCUT2D eigenvalue weighted by atomic mass is 9.82. The Labute approximate surface area is 121 Å². The van der Waals surface area contributed by atoms with Gasteiger partial charge in [-0.05, 0) is 18.6 Å². The minimum atomic E-state index is -0.0150. The number of aromatic nitrogens is 1. The highest BCUT2D eigenvalue weighted by atomic mass is 16.1. The summed E-state index contributed by atoms with van der Waals surface area (Å²) in [5.41, 5.74) is 4.60. The molecule has 0 bridgehead atoms. The van der Waals surface area contributed by atoms with Crippen LogP contribution in [-0.4, -0.2) is 10.4 Å². The largest absolute Gasteiger partial charge is 0.311 e. The van der Waals surface area contributed by atoms with Crippen LogP contribution in [-0.2, 0) is 7.05 Å². The van der Waals surface area contributed by atoms with Crippen LogP contribution in [0.25, 0.3) is 22.0 Å². The van der Waals surface area contributed by atoms with Crippen LogP contribution in [0.15, 0.2) is 47.3 Å². The standard InChI is InChI=1S/C18H13NO2/c1-10-15-11-6-3-4-7-12(11)17(20)13-8-5-9-14(16(13)15)19(2)18(10)21/h3-9H,1-2H3. The van der Waals surface area contributed by atoms with Crippen molar-refractivity contribution in [3.8, 4) is 11.1 Å². The third kappa shape index (κ3) is 1.38. The maximum absolute atomic E-state index is 12.7. The van der Waals surface area contributed by atoms with Gasteiger partial charge in [0.1, 0.15) is 0 Å². The van der Waals surface area contributed by atoms with Crippen molar-refractivity contribution in [1.82, 2.24) is 4.57 Å². The lowest BCUT2D eigenvalue weighted by Gasteiger charge is -2.22. The second-order valence-electron chi connectivity index (χ2n) is 5.44. The molecule has 21 heavy (non-hydrogen) atoms. The van der Waals surface area contributed by atoms with E-state index < -0.39 is 0 Å². The van der Waals surface area contributed by atoms with Crippen molar-refractivity contribution in [2.24, 2.45) is 7.05 Å². The van der Waals surface area contributed by atoms with E-state index in [1.165, 1.54) is 0 Å². The number of aryl methyl sites for hydroxylation is 1. The fourth-order valence-electron chi connectivity index (χ4n) is 3.31. The summed E-state index contributed by atoms with van der Waals surface area (Å²) >= 11 is 0. The van der Waals surface area contributed by atoms with Crippen LogP contribution >= 0.6 is 0 Å². The number of benzene rings is 2. The molecule has 3 nitrogen and oxygen atoms in total. The lowest BCUT2D eigenvalue weighted by Crippen LogP contribution is -2.23. The Bertz CT molecular complexity index is 996. The van der Waals surface area contributed by atoms with Gasteiger partial charge in [0.25, 0.3) is 5.56 Å². The monoisotopic (exact) mass is 275 g/mol. The molecule has 1 aromatic heterocycles. The first-order valence-corrected chi connectivity index (χ1v) is 6.87. The zero-order valence-corrected chi connectivity index (χ0v) is 11.8. The van der Waals surface area contributed by atoms with E-state index in [9.17, 15) is 9.59 Å². The molecule has 4 rings (SSSR count). The number of carbonyl (C=O) groups excluding carboxylic acids is 1. The van der Waals surface area contributed by atoms with Crippen LogP contribution < -0.4 is 5.56 Å². The molecule has 0 amide bonds. The second-order valence-corrected chi connectivity index (χ2v) is 5.44. The normalized spacial score (nSPS) is 12.6. The van der Waals surface area contributed by atoms with Gasteiger partial charge in [-0.25, -0.2) is 0 Å². The summed E-state index contributed by atoms with van der Waals surface area (Å²) in [5.74, 6) is 0.0294. The number of hydrogen-bond acceptors (Lipinski definition) is 2. The van der Waals surface area contributed by atoms with Crippen LogP contribution in [0.4, 0.5) is 0 Å². The average molecular weight is 275 g/mol.